The van der Waals surface area contributed by atoms with Crippen molar-refractivity contribution in [2.75, 3.05) is 0 Å². The second-order valence-corrected chi connectivity index (χ2v) is 5.56. The van der Waals surface area contributed by atoms with E-state index in [1.807, 2.05) is 0 Å². The third-order valence-electron chi connectivity index (χ3n) is 2.08. The van der Waals surface area contributed by atoms with Crippen LogP contribution in [0.15, 0.2) is 23.7 Å². The normalized spacial score (nSPS) is 11.7. The molecule has 0 aromatic carbocycles. The fourth-order valence-corrected chi connectivity index (χ4v) is 2.17. The van der Waals surface area contributed by atoms with Crippen LogP contribution < -0.4 is 0 Å². The first-order chi connectivity index (χ1) is 8.62. The fourth-order valence-electron chi connectivity index (χ4n) is 1.26. The molecule has 1 aromatic rings. The Hall–Kier alpha value is -1.50. The van der Waals surface area contributed by atoms with Crippen LogP contribution in [0.3, 0.4) is 0 Å². The lowest BCUT2D eigenvalue weighted by atomic mass is 10.1. The van der Waals surface area contributed by atoms with E-state index in [4.69, 9.17) is 5.11 Å². The van der Waals surface area contributed by atoms with E-state index in [1.54, 1.807) is 13.8 Å². The molecule has 1 heterocycles. The van der Waals surface area contributed by atoms with Crippen LogP contribution in [0.25, 0.3) is 5.57 Å². The van der Waals surface area contributed by atoms with Crippen molar-refractivity contribution in [2.24, 2.45) is 0 Å². The summed E-state index contributed by atoms with van der Waals surface area (Å²) in [7, 11) is 0. The van der Waals surface area contributed by atoms with Gasteiger partial charge in [0.1, 0.15) is 10.7 Å². The van der Waals surface area contributed by atoms with Crippen LogP contribution in [0.2, 0.25) is 0 Å². The van der Waals surface area contributed by atoms with E-state index in [-0.39, 0.29) is 21.4 Å². The number of nitrogens with zero attached hydrogens (tertiary/aromatic N) is 1. The molecule has 19 heavy (non-hydrogen) atoms. The van der Waals surface area contributed by atoms with Crippen molar-refractivity contribution < 1.29 is 23.1 Å². The summed E-state index contributed by atoms with van der Waals surface area (Å²) in [5.74, 6) is -1.29. The van der Waals surface area contributed by atoms with Gasteiger partial charge in [-0.2, -0.15) is 13.2 Å². The second kappa shape index (κ2) is 5.64. The zero-order valence-corrected chi connectivity index (χ0v) is 11.1. The summed E-state index contributed by atoms with van der Waals surface area (Å²) >= 11 is 1.07. The zero-order chi connectivity index (χ0) is 14.8. The van der Waals surface area contributed by atoms with E-state index in [1.165, 1.54) is 0 Å². The fraction of sp³-hybridized carbons (Fsp3) is 0.333. The minimum Gasteiger partial charge on any atom is -0.478 e. The molecule has 0 saturated heterocycles. The van der Waals surface area contributed by atoms with Crippen LogP contribution in [-0.4, -0.2) is 21.3 Å². The molecule has 0 amide bonds. The Morgan fingerprint density at radius 2 is 2.00 bits per heavy atom. The number of hydrogen-bond donors (Lipinski definition) is 1. The van der Waals surface area contributed by atoms with E-state index in [2.05, 4.69) is 11.6 Å². The van der Waals surface area contributed by atoms with E-state index >= 15 is 0 Å². The maximum Gasteiger partial charge on any atom is 0.433 e. The number of alkyl halides is 3. The number of thioether (sulfide) groups is 1. The predicted molar refractivity (Wildman–Crippen MR) is 66.9 cm³/mol. The van der Waals surface area contributed by atoms with Crippen LogP contribution in [0.4, 0.5) is 13.2 Å². The van der Waals surface area contributed by atoms with Crippen molar-refractivity contribution >= 4 is 23.3 Å². The zero-order valence-electron chi connectivity index (χ0n) is 10.3. The molecular formula is C12H12F3NO2S. The Labute approximate surface area is 112 Å². The number of pyridine rings is 1. The van der Waals surface area contributed by atoms with Gasteiger partial charge in [0.05, 0.1) is 5.57 Å². The van der Waals surface area contributed by atoms with Crippen molar-refractivity contribution in [1.82, 2.24) is 4.98 Å². The number of hydrogen-bond acceptors (Lipinski definition) is 3. The van der Waals surface area contributed by atoms with Gasteiger partial charge in [-0.1, -0.05) is 20.4 Å². The van der Waals surface area contributed by atoms with E-state index in [0.29, 0.717) is 0 Å². The quantitative estimate of drug-likeness (QED) is 0.679. The number of rotatable bonds is 4. The van der Waals surface area contributed by atoms with Crippen LogP contribution in [-0.2, 0) is 11.0 Å². The molecule has 0 radical (unpaired) electrons. The molecular weight excluding hydrogens is 279 g/mol. The number of aliphatic carboxylic acids is 1. The molecule has 7 heteroatoms. The van der Waals surface area contributed by atoms with Crippen molar-refractivity contribution in [3.05, 3.63) is 30.0 Å². The summed E-state index contributed by atoms with van der Waals surface area (Å²) < 4.78 is 37.8. The van der Waals surface area contributed by atoms with Gasteiger partial charge in [0.25, 0.3) is 0 Å². The monoisotopic (exact) mass is 291 g/mol. The Balaban J connectivity index is 3.32. The molecule has 0 unspecified atom stereocenters. The number of carboxylic acids is 1. The summed E-state index contributed by atoms with van der Waals surface area (Å²) in [5, 5.41) is 8.86. The van der Waals surface area contributed by atoms with Gasteiger partial charge in [0.2, 0.25) is 0 Å². The molecule has 1 rings (SSSR count). The molecule has 0 atom stereocenters. The Kier molecular flexibility index (Phi) is 4.62. The second-order valence-electron chi connectivity index (χ2n) is 4.00. The lowest BCUT2D eigenvalue weighted by Gasteiger charge is -2.13. The molecule has 0 saturated carbocycles. The van der Waals surface area contributed by atoms with Gasteiger partial charge in [0.15, 0.2) is 0 Å². The highest BCUT2D eigenvalue weighted by atomic mass is 32.2. The molecule has 0 aliphatic carbocycles. The number of carboxylic acid groups (broad SMARTS) is 1. The van der Waals surface area contributed by atoms with Crippen LogP contribution >= 0.6 is 11.8 Å². The molecule has 1 N–H and O–H groups in total. The lowest BCUT2D eigenvalue weighted by molar-refractivity contribution is -0.141. The van der Waals surface area contributed by atoms with Gasteiger partial charge in [-0.15, -0.1) is 11.8 Å². The summed E-state index contributed by atoms with van der Waals surface area (Å²) in [5.41, 5.74) is -1.21. The van der Waals surface area contributed by atoms with Crippen molar-refractivity contribution in [3.63, 3.8) is 0 Å². The highest BCUT2D eigenvalue weighted by molar-refractivity contribution is 7.99. The number of carbonyl (C=O) groups is 1. The first-order valence-electron chi connectivity index (χ1n) is 5.30. The first kappa shape index (κ1) is 15.6. The van der Waals surface area contributed by atoms with E-state index < -0.39 is 17.8 Å². The van der Waals surface area contributed by atoms with Crippen molar-refractivity contribution in [3.8, 4) is 0 Å². The highest BCUT2D eigenvalue weighted by Gasteiger charge is 2.33. The number of aromatic nitrogens is 1. The summed E-state index contributed by atoms with van der Waals surface area (Å²) in [4.78, 5) is 14.4. The number of halogens is 3. The van der Waals surface area contributed by atoms with Gasteiger partial charge in [-0.25, -0.2) is 9.78 Å². The molecule has 104 valence electrons. The van der Waals surface area contributed by atoms with E-state index in [0.717, 1.165) is 23.9 Å². The molecule has 1 aromatic heterocycles. The molecule has 0 aliphatic rings. The third kappa shape index (κ3) is 3.99. The Morgan fingerprint density at radius 3 is 2.42 bits per heavy atom. The summed E-state index contributed by atoms with van der Waals surface area (Å²) in [6.07, 6.45) is -4.56. The molecule has 3 nitrogen and oxygen atoms in total. The van der Waals surface area contributed by atoms with Crippen LogP contribution in [0, 0.1) is 0 Å². The summed E-state index contributed by atoms with van der Waals surface area (Å²) in [6.45, 7) is 6.91. The van der Waals surface area contributed by atoms with Gasteiger partial charge >= 0.3 is 12.1 Å². The SMILES string of the molecule is C=C(C(=O)O)c1ccc(C(F)(F)F)nc1SC(C)C. The van der Waals surface area contributed by atoms with Crippen LogP contribution in [0.1, 0.15) is 25.1 Å². The molecule has 0 fully saturated rings. The van der Waals surface area contributed by atoms with Gasteiger partial charge in [-0.3, -0.25) is 0 Å². The van der Waals surface area contributed by atoms with Gasteiger partial charge < -0.3 is 5.11 Å². The molecule has 0 spiro atoms. The molecule has 0 aliphatic heterocycles. The Bertz CT molecular complexity index is 512. The van der Waals surface area contributed by atoms with Gasteiger partial charge in [-0.05, 0) is 12.1 Å². The molecule has 0 bridgehead atoms. The smallest absolute Gasteiger partial charge is 0.433 e. The highest BCUT2D eigenvalue weighted by Crippen LogP contribution is 2.34. The topological polar surface area (TPSA) is 50.2 Å². The maximum absolute atomic E-state index is 12.6. The average Bonchev–Trinajstić information content (AvgIpc) is 2.25. The van der Waals surface area contributed by atoms with E-state index in [9.17, 15) is 18.0 Å². The van der Waals surface area contributed by atoms with Crippen LogP contribution in [0.5, 0.6) is 0 Å². The lowest BCUT2D eigenvalue weighted by Crippen LogP contribution is -2.11. The minimum atomic E-state index is -4.56. The van der Waals surface area contributed by atoms with Gasteiger partial charge in [0, 0.05) is 10.8 Å². The maximum atomic E-state index is 12.6. The average molecular weight is 291 g/mol. The van der Waals surface area contributed by atoms with Crippen molar-refractivity contribution in [2.45, 2.75) is 30.3 Å². The largest absolute Gasteiger partial charge is 0.478 e. The Morgan fingerprint density at radius 1 is 1.42 bits per heavy atom. The first-order valence-corrected chi connectivity index (χ1v) is 6.18. The third-order valence-corrected chi connectivity index (χ3v) is 3.09. The standard InChI is InChI=1S/C12H12F3NO2S/c1-6(2)19-10-8(7(3)11(17)18)4-5-9(16-10)12(13,14)15/h4-6H,3H2,1-2H3,(H,17,18). The summed E-state index contributed by atoms with van der Waals surface area (Å²) in [6, 6.07) is 1.85. The van der Waals surface area contributed by atoms with Crippen molar-refractivity contribution in [1.29, 1.82) is 0 Å². The predicted octanol–water partition coefficient (Wildman–Crippen LogP) is 3.70. The minimum absolute atomic E-state index is 0.0252.